The quantitative estimate of drug-likeness (QED) is 0.811. The molecule has 0 fully saturated rings. The lowest BCUT2D eigenvalue weighted by Crippen LogP contribution is -2.29. The summed E-state index contributed by atoms with van der Waals surface area (Å²) >= 11 is 0. The van der Waals surface area contributed by atoms with E-state index in [9.17, 15) is 8.42 Å². The van der Waals surface area contributed by atoms with E-state index in [-0.39, 0.29) is 0 Å². The molecule has 0 radical (unpaired) electrons. The Hall–Kier alpha value is -0.870. The second-order valence-electron chi connectivity index (χ2n) is 4.54. The van der Waals surface area contributed by atoms with Crippen molar-refractivity contribution in [3.63, 3.8) is 0 Å². The van der Waals surface area contributed by atoms with Crippen LogP contribution < -0.4 is 0 Å². The van der Waals surface area contributed by atoms with Gasteiger partial charge in [-0.05, 0) is 17.0 Å². The van der Waals surface area contributed by atoms with Crippen LogP contribution in [-0.2, 0) is 16.6 Å². The van der Waals surface area contributed by atoms with Gasteiger partial charge in [-0.3, -0.25) is 0 Å². The molecule has 4 heteroatoms. The van der Waals surface area contributed by atoms with Crippen molar-refractivity contribution in [3.05, 3.63) is 35.4 Å². The van der Waals surface area contributed by atoms with Crippen molar-refractivity contribution in [1.29, 1.82) is 0 Å². The normalized spacial score (nSPS) is 12.4. The van der Waals surface area contributed by atoms with Gasteiger partial charge in [0.05, 0.1) is 6.26 Å². The SMILES string of the molecule is CCN(Cc1ccccc1C(C)C)S(C)(=O)=O. The van der Waals surface area contributed by atoms with Crippen LogP contribution in [0.25, 0.3) is 0 Å². The molecule has 0 amide bonds. The van der Waals surface area contributed by atoms with Gasteiger partial charge in [0.2, 0.25) is 10.0 Å². The molecule has 96 valence electrons. The minimum absolute atomic E-state index is 0.407. The van der Waals surface area contributed by atoms with E-state index in [1.54, 1.807) is 0 Å². The van der Waals surface area contributed by atoms with Crippen molar-refractivity contribution < 1.29 is 8.42 Å². The van der Waals surface area contributed by atoms with Gasteiger partial charge in [0.1, 0.15) is 0 Å². The van der Waals surface area contributed by atoms with Gasteiger partial charge < -0.3 is 0 Å². The Bertz CT molecular complexity index is 466. The van der Waals surface area contributed by atoms with Gasteiger partial charge in [-0.15, -0.1) is 0 Å². The molecule has 0 unspecified atom stereocenters. The zero-order chi connectivity index (χ0) is 13.1. The predicted octanol–water partition coefficient (Wildman–Crippen LogP) is 2.59. The summed E-state index contributed by atoms with van der Waals surface area (Å²) < 4.78 is 24.6. The van der Waals surface area contributed by atoms with E-state index >= 15 is 0 Å². The molecule has 0 heterocycles. The molecule has 0 aromatic heterocycles. The summed E-state index contributed by atoms with van der Waals surface area (Å²) in [6, 6.07) is 8.02. The molecule has 0 aliphatic carbocycles. The van der Waals surface area contributed by atoms with E-state index in [1.807, 2.05) is 25.1 Å². The van der Waals surface area contributed by atoms with Gasteiger partial charge in [-0.25, -0.2) is 8.42 Å². The molecule has 1 aromatic carbocycles. The number of hydrogen-bond acceptors (Lipinski definition) is 2. The smallest absolute Gasteiger partial charge is 0.211 e. The van der Waals surface area contributed by atoms with Crippen LogP contribution in [-0.4, -0.2) is 25.5 Å². The van der Waals surface area contributed by atoms with Crippen LogP contribution in [0, 0.1) is 0 Å². The third kappa shape index (κ3) is 3.82. The summed E-state index contributed by atoms with van der Waals surface area (Å²) in [5.41, 5.74) is 2.31. The first kappa shape index (κ1) is 14.2. The van der Waals surface area contributed by atoms with Crippen LogP contribution in [0.5, 0.6) is 0 Å². The van der Waals surface area contributed by atoms with Crippen LogP contribution >= 0.6 is 0 Å². The van der Waals surface area contributed by atoms with Crippen molar-refractivity contribution >= 4 is 10.0 Å². The van der Waals surface area contributed by atoms with E-state index < -0.39 is 10.0 Å². The minimum Gasteiger partial charge on any atom is -0.212 e. The highest BCUT2D eigenvalue weighted by molar-refractivity contribution is 7.88. The highest BCUT2D eigenvalue weighted by Gasteiger charge is 2.16. The van der Waals surface area contributed by atoms with Crippen molar-refractivity contribution in [1.82, 2.24) is 4.31 Å². The first-order valence-corrected chi connectivity index (χ1v) is 7.74. The first-order chi connectivity index (χ1) is 7.86. The van der Waals surface area contributed by atoms with E-state index in [1.165, 1.54) is 16.1 Å². The van der Waals surface area contributed by atoms with Crippen LogP contribution in [0.2, 0.25) is 0 Å². The molecule has 0 saturated heterocycles. The third-order valence-electron chi connectivity index (χ3n) is 2.85. The number of benzene rings is 1. The maximum atomic E-state index is 11.6. The Labute approximate surface area is 105 Å². The molecular formula is C13H21NO2S. The fourth-order valence-corrected chi connectivity index (χ4v) is 2.74. The molecule has 0 saturated carbocycles. The summed E-state index contributed by atoms with van der Waals surface area (Å²) in [7, 11) is -3.12. The van der Waals surface area contributed by atoms with Crippen LogP contribution in [0.1, 0.15) is 37.8 Å². The molecule has 0 spiro atoms. The maximum absolute atomic E-state index is 11.6. The Kier molecular flexibility index (Phi) is 4.71. The Morgan fingerprint density at radius 3 is 2.29 bits per heavy atom. The lowest BCUT2D eigenvalue weighted by atomic mass is 9.97. The largest absolute Gasteiger partial charge is 0.212 e. The predicted molar refractivity (Wildman–Crippen MR) is 71.5 cm³/mol. The summed E-state index contributed by atoms with van der Waals surface area (Å²) in [4.78, 5) is 0. The van der Waals surface area contributed by atoms with Crippen molar-refractivity contribution in [2.24, 2.45) is 0 Å². The zero-order valence-corrected chi connectivity index (χ0v) is 11.8. The monoisotopic (exact) mass is 255 g/mol. The molecule has 0 aliphatic heterocycles. The Morgan fingerprint density at radius 1 is 1.24 bits per heavy atom. The standard InChI is InChI=1S/C13H21NO2S/c1-5-14(17(4,15)16)10-12-8-6-7-9-13(12)11(2)3/h6-9,11H,5,10H2,1-4H3. The Balaban J connectivity index is 3.02. The summed E-state index contributed by atoms with van der Waals surface area (Å²) in [6.45, 7) is 7.07. The van der Waals surface area contributed by atoms with E-state index in [4.69, 9.17) is 0 Å². The lowest BCUT2D eigenvalue weighted by molar-refractivity contribution is 0.426. The molecule has 3 nitrogen and oxygen atoms in total. The van der Waals surface area contributed by atoms with Gasteiger partial charge in [0.25, 0.3) is 0 Å². The van der Waals surface area contributed by atoms with Gasteiger partial charge in [0, 0.05) is 13.1 Å². The Morgan fingerprint density at radius 2 is 1.82 bits per heavy atom. The molecule has 0 atom stereocenters. The molecule has 1 rings (SSSR count). The van der Waals surface area contributed by atoms with Crippen LogP contribution in [0.3, 0.4) is 0 Å². The molecular weight excluding hydrogens is 234 g/mol. The molecule has 1 aromatic rings. The second-order valence-corrected chi connectivity index (χ2v) is 6.53. The summed E-state index contributed by atoms with van der Waals surface area (Å²) in [5, 5.41) is 0. The highest BCUT2D eigenvalue weighted by Crippen LogP contribution is 2.21. The van der Waals surface area contributed by atoms with Gasteiger partial charge in [0.15, 0.2) is 0 Å². The van der Waals surface area contributed by atoms with E-state index in [0.29, 0.717) is 19.0 Å². The first-order valence-electron chi connectivity index (χ1n) is 5.89. The number of hydrogen-bond donors (Lipinski definition) is 0. The minimum atomic E-state index is -3.12. The second kappa shape index (κ2) is 5.65. The summed E-state index contributed by atoms with van der Waals surface area (Å²) in [6.07, 6.45) is 1.26. The fourth-order valence-electron chi connectivity index (χ4n) is 1.89. The van der Waals surface area contributed by atoms with Crippen LogP contribution in [0.4, 0.5) is 0 Å². The molecule has 0 bridgehead atoms. The van der Waals surface area contributed by atoms with Gasteiger partial charge >= 0.3 is 0 Å². The van der Waals surface area contributed by atoms with Crippen molar-refractivity contribution in [2.75, 3.05) is 12.8 Å². The topological polar surface area (TPSA) is 37.4 Å². The van der Waals surface area contributed by atoms with Gasteiger partial charge in [-0.2, -0.15) is 4.31 Å². The zero-order valence-electron chi connectivity index (χ0n) is 11.0. The van der Waals surface area contributed by atoms with Crippen LogP contribution in [0.15, 0.2) is 24.3 Å². The lowest BCUT2D eigenvalue weighted by Gasteiger charge is -2.20. The average molecular weight is 255 g/mol. The molecule has 17 heavy (non-hydrogen) atoms. The fraction of sp³-hybridized carbons (Fsp3) is 0.538. The van der Waals surface area contributed by atoms with E-state index in [2.05, 4.69) is 19.9 Å². The number of nitrogens with zero attached hydrogens (tertiary/aromatic N) is 1. The van der Waals surface area contributed by atoms with Crippen molar-refractivity contribution in [3.8, 4) is 0 Å². The number of rotatable bonds is 5. The average Bonchev–Trinajstić information content (AvgIpc) is 2.24. The highest BCUT2D eigenvalue weighted by atomic mass is 32.2. The van der Waals surface area contributed by atoms with E-state index in [0.717, 1.165) is 5.56 Å². The summed E-state index contributed by atoms with van der Waals surface area (Å²) in [5.74, 6) is 0.407. The molecule has 0 N–H and O–H groups in total. The third-order valence-corrected chi connectivity index (χ3v) is 4.17. The maximum Gasteiger partial charge on any atom is 0.211 e. The number of sulfonamides is 1. The molecule has 0 aliphatic rings. The van der Waals surface area contributed by atoms with Crippen molar-refractivity contribution in [2.45, 2.75) is 33.2 Å². The van der Waals surface area contributed by atoms with Gasteiger partial charge in [-0.1, -0.05) is 45.0 Å².